The lowest BCUT2D eigenvalue weighted by molar-refractivity contribution is -0.118. The lowest BCUT2D eigenvalue weighted by Gasteiger charge is -2.21. The van der Waals surface area contributed by atoms with Crippen LogP contribution in [0.5, 0.6) is 17.2 Å². The number of benzene rings is 3. The molecule has 0 aliphatic heterocycles. The average Bonchev–Trinajstić information content (AvgIpc) is 2.70. The van der Waals surface area contributed by atoms with Crippen molar-refractivity contribution in [1.82, 2.24) is 0 Å². The summed E-state index contributed by atoms with van der Waals surface area (Å²) in [7, 11) is 4.69. The van der Waals surface area contributed by atoms with Crippen LogP contribution in [0.15, 0.2) is 53.0 Å². The van der Waals surface area contributed by atoms with Crippen molar-refractivity contribution >= 4 is 32.6 Å². The summed E-state index contributed by atoms with van der Waals surface area (Å²) < 4.78 is 17.3. The number of fused-ring (bicyclic) bond motifs is 1. The fourth-order valence-corrected chi connectivity index (χ4v) is 4.04. The Morgan fingerprint density at radius 3 is 2.14 bits per heavy atom. The molecular weight excluding hydrogens is 422 g/mol. The highest BCUT2D eigenvalue weighted by Gasteiger charge is 2.23. The summed E-state index contributed by atoms with van der Waals surface area (Å²) in [6, 6.07) is 15.9. The number of carbonyl (C=O) groups is 1. The quantitative estimate of drug-likeness (QED) is 0.577. The highest BCUT2D eigenvalue weighted by molar-refractivity contribution is 9.10. The lowest BCUT2D eigenvalue weighted by Crippen LogP contribution is -2.16. The summed E-state index contributed by atoms with van der Waals surface area (Å²) in [5.74, 6) is 0.929. The van der Waals surface area contributed by atoms with Crippen LogP contribution >= 0.6 is 15.9 Å². The molecule has 3 aromatic rings. The van der Waals surface area contributed by atoms with E-state index in [4.69, 9.17) is 19.9 Å². The van der Waals surface area contributed by atoms with Gasteiger partial charge in [-0.3, -0.25) is 4.79 Å². The number of amides is 1. The molecule has 0 fully saturated rings. The van der Waals surface area contributed by atoms with E-state index in [9.17, 15) is 4.79 Å². The maximum absolute atomic E-state index is 11.9. The number of hydrogen-bond acceptors (Lipinski definition) is 4. The molecular formula is C22H22BrNO4. The van der Waals surface area contributed by atoms with Crippen molar-refractivity contribution in [2.24, 2.45) is 5.73 Å². The SMILES string of the molecule is COc1cc(C(CC(N)=O)c2cc(Br)c3ccccc3c2)cc(OC)c1OC. The van der Waals surface area contributed by atoms with E-state index in [0.29, 0.717) is 17.2 Å². The molecule has 0 spiro atoms. The summed E-state index contributed by atoms with van der Waals surface area (Å²) in [6.45, 7) is 0. The Kier molecular flexibility index (Phi) is 6.09. The van der Waals surface area contributed by atoms with Crippen molar-refractivity contribution in [2.45, 2.75) is 12.3 Å². The summed E-state index contributed by atoms with van der Waals surface area (Å²) in [5.41, 5.74) is 7.41. The second-order valence-corrected chi connectivity index (χ2v) is 7.26. The van der Waals surface area contributed by atoms with Crippen LogP contribution in [0.3, 0.4) is 0 Å². The van der Waals surface area contributed by atoms with Crippen LogP contribution < -0.4 is 19.9 Å². The molecule has 0 aliphatic carbocycles. The summed E-state index contributed by atoms with van der Waals surface area (Å²) >= 11 is 3.65. The third-order valence-corrected chi connectivity index (χ3v) is 5.39. The Hall–Kier alpha value is -2.73. The van der Waals surface area contributed by atoms with Crippen LogP contribution in [-0.4, -0.2) is 27.2 Å². The predicted molar refractivity (Wildman–Crippen MR) is 113 cm³/mol. The fourth-order valence-electron chi connectivity index (χ4n) is 3.42. The van der Waals surface area contributed by atoms with Gasteiger partial charge in [-0.2, -0.15) is 0 Å². The number of methoxy groups -OCH3 is 3. The molecule has 0 bridgehead atoms. The molecule has 146 valence electrons. The van der Waals surface area contributed by atoms with Gasteiger partial charge in [-0.05, 0) is 40.1 Å². The first kappa shape index (κ1) is 20.0. The van der Waals surface area contributed by atoms with Crippen LogP contribution in [-0.2, 0) is 4.79 Å². The van der Waals surface area contributed by atoms with Crippen LogP contribution in [0, 0.1) is 0 Å². The van der Waals surface area contributed by atoms with Crippen LogP contribution in [0.4, 0.5) is 0 Å². The zero-order valence-corrected chi connectivity index (χ0v) is 17.6. The van der Waals surface area contributed by atoms with Crippen molar-refractivity contribution in [2.75, 3.05) is 21.3 Å². The molecule has 1 unspecified atom stereocenters. The Bertz CT molecular complexity index is 994. The fraction of sp³-hybridized carbons (Fsp3) is 0.227. The third kappa shape index (κ3) is 3.92. The number of halogens is 1. The molecule has 0 saturated carbocycles. The van der Waals surface area contributed by atoms with Gasteiger partial charge in [-0.15, -0.1) is 0 Å². The van der Waals surface area contributed by atoms with E-state index in [1.54, 1.807) is 21.3 Å². The molecule has 0 heterocycles. The molecule has 3 rings (SSSR count). The highest BCUT2D eigenvalue weighted by Crippen LogP contribution is 2.43. The molecule has 0 aliphatic rings. The Morgan fingerprint density at radius 2 is 1.57 bits per heavy atom. The van der Waals surface area contributed by atoms with Gasteiger partial charge in [0.2, 0.25) is 11.7 Å². The maximum Gasteiger partial charge on any atom is 0.218 e. The van der Waals surface area contributed by atoms with Crippen LogP contribution in [0.25, 0.3) is 10.8 Å². The first-order chi connectivity index (χ1) is 13.5. The van der Waals surface area contributed by atoms with Gasteiger partial charge in [0, 0.05) is 16.8 Å². The van der Waals surface area contributed by atoms with E-state index in [0.717, 1.165) is 26.4 Å². The monoisotopic (exact) mass is 443 g/mol. The lowest BCUT2D eigenvalue weighted by atomic mass is 9.86. The van der Waals surface area contributed by atoms with Crippen molar-refractivity contribution < 1.29 is 19.0 Å². The number of nitrogens with two attached hydrogens (primary N) is 1. The minimum atomic E-state index is -0.386. The van der Waals surface area contributed by atoms with E-state index in [1.807, 2.05) is 42.5 Å². The largest absolute Gasteiger partial charge is 0.493 e. The first-order valence-corrected chi connectivity index (χ1v) is 9.54. The standard InChI is InChI=1S/C22H22BrNO4/c1-26-19-10-15(11-20(27-2)22(19)28-3)17(12-21(24)25)14-8-13-6-4-5-7-16(13)18(23)9-14/h4-11,17H,12H2,1-3H3,(H2,24,25). The van der Waals surface area contributed by atoms with Gasteiger partial charge in [-0.25, -0.2) is 0 Å². The van der Waals surface area contributed by atoms with Gasteiger partial charge < -0.3 is 19.9 Å². The van der Waals surface area contributed by atoms with E-state index in [2.05, 4.69) is 22.0 Å². The smallest absolute Gasteiger partial charge is 0.218 e. The maximum atomic E-state index is 11.9. The van der Waals surface area contributed by atoms with Gasteiger partial charge >= 0.3 is 0 Å². The number of ether oxygens (including phenoxy) is 3. The number of rotatable bonds is 7. The second-order valence-electron chi connectivity index (χ2n) is 6.41. The Morgan fingerprint density at radius 1 is 0.964 bits per heavy atom. The van der Waals surface area contributed by atoms with Crippen molar-refractivity contribution in [3.05, 3.63) is 64.1 Å². The minimum Gasteiger partial charge on any atom is -0.493 e. The molecule has 1 atom stereocenters. The first-order valence-electron chi connectivity index (χ1n) is 8.74. The highest BCUT2D eigenvalue weighted by atomic mass is 79.9. The van der Waals surface area contributed by atoms with Gasteiger partial charge in [0.15, 0.2) is 11.5 Å². The van der Waals surface area contributed by atoms with E-state index in [-0.39, 0.29) is 18.2 Å². The summed E-state index contributed by atoms with van der Waals surface area (Å²) in [5, 5.41) is 2.18. The summed E-state index contributed by atoms with van der Waals surface area (Å²) in [4.78, 5) is 11.9. The number of primary amides is 1. The third-order valence-electron chi connectivity index (χ3n) is 4.73. The molecule has 0 aromatic heterocycles. The van der Waals surface area contributed by atoms with Crippen molar-refractivity contribution in [3.8, 4) is 17.2 Å². The molecule has 0 radical (unpaired) electrons. The Labute approximate surface area is 172 Å². The summed E-state index contributed by atoms with van der Waals surface area (Å²) in [6.07, 6.45) is 0.156. The molecule has 1 amide bonds. The molecule has 28 heavy (non-hydrogen) atoms. The van der Waals surface area contributed by atoms with Crippen molar-refractivity contribution in [3.63, 3.8) is 0 Å². The van der Waals surface area contributed by atoms with Gasteiger partial charge in [0.05, 0.1) is 21.3 Å². The van der Waals surface area contributed by atoms with Gasteiger partial charge in [0.1, 0.15) is 0 Å². The molecule has 5 nitrogen and oxygen atoms in total. The van der Waals surface area contributed by atoms with Crippen molar-refractivity contribution in [1.29, 1.82) is 0 Å². The van der Waals surface area contributed by atoms with Crippen LogP contribution in [0.2, 0.25) is 0 Å². The Balaban J connectivity index is 2.20. The normalized spacial score (nSPS) is 11.9. The zero-order valence-electron chi connectivity index (χ0n) is 16.0. The molecule has 6 heteroatoms. The number of carbonyl (C=O) groups excluding carboxylic acids is 1. The van der Waals surface area contributed by atoms with E-state index < -0.39 is 0 Å². The topological polar surface area (TPSA) is 70.8 Å². The molecule has 3 aromatic carbocycles. The number of hydrogen-bond donors (Lipinski definition) is 1. The average molecular weight is 444 g/mol. The van der Waals surface area contributed by atoms with Gasteiger partial charge in [-0.1, -0.05) is 46.3 Å². The van der Waals surface area contributed by atoms with E-state index in [1.165, 1.54) is 0 Å². The van der Waals surface area contributed by atoms with E-state index >= 15 is 0 Å². The molecule has 2 N–H and O–H groups in total. The minimum absolute atomic E-state index is 0.156. The zero-order chi connectivity index (χ0) is 20.3. The molecule has 0 saturated heterocycles. The van der Waals surface area contributed by atoms with Crippen LogP contribution in [0.1, 0.15) is 23.5 Å². The van der Waals surface area contributed by atoms with Gasteiger partial charge in [0.25, 0.3) is 0 Å². The predicted octanol–water partition coefficient (Wildman–Crippen LogP) is 4.64. The second kappa shape index (κ2) is 8.52.